The molecule has 0 bridgehead atoms. The number of fused-ring (bicyclic) bond motifs is 2. The Labute approximate surface area is 257 Å². The van der Waals surface area contributed by atoms with Crippen LogP contribution in [0.4, 0.5) is 0 Å². The van der Waals surface area contributed by atoms with Gasteiger partial charge < -0.3 is 34.3 Å². The molecule has 0 aromatic heterocycles. The maximum Gasteiger partial charge on any atom is 0.328 e. The number of hydrogen-bond donors (Lipinski definition) is 3. The van der Waals surface area contributed by atoms with Gasteiger partial charge >= 0.3 is 5.97 Å². The topological polar surface area (TPSA) is 132 Å². The van der Waals surface area contributed by atoms with E-state index in [1.165, 1.54) is 12.1 Å². The molecule has 2 aliphatic heterocycles. The normalized spacial score (nSPS) is 17.2. The molecule has 9 heteroatoms. The molecule has 2 heterocycles. The second kappa shape index (κ2) is 12.9. The van der Waals surface area contributed by atoms with Crippen LogP contribution in [0.25, 0.3) is 12.2 Å². The Hall–Kier alpha value is -4.76. The average Bonchev–Trinajstić information content (AvgIpc) is 2.96. The summed E-state index contributed by atoms with van der Waals surface area (Å²) in [5.74, 6) is 1.07. The first kappa shape index (κ1) is 32.2. The van der Waals surface area contributed by atoms with Gasteiger partial charge in [-0.15, -0.1) is 0 Å². The summed E-state index contributed by atoms with van der Waals surface area (Å²) in [5, 5.41) is 29.2. The second-order valence-corrected chi connectivity index (χ2v) is 11.6. The van der Waals surface area contributed by atoms with Gasteiger partial charge in [-0.3, -0.25) is 4.79 Å². The molecule has 0 amide bonds. The molecule has 3 aromatic carbocycles. The smallest absolute Gasteiger partial charge is 0.328 e. The van der Waals surface area contributed by atoms with Gasteiger partial charge in [0.25, 0.3) is 0 Å². The summed E-state index contributed by atoms with van der Waals surface area (Å²) in [5.41, 5.74) is 1.98. The maximum absolute atomic E-state index is 13.1. The van der Waals surface area contributed by atoms with Crippen LogP contribution in [0.15, 0.2) is 60.7 Å². The number of carboxylic acid groups (broad SMARTS) is 1. The Morgan fingerprint density at radius 2 is 1.73 bits per heavy atom. The maximum atomic E-state index is 13.1. The number of methoxy groups -OCH3 is 2. The third-order valence-electron chi connectivity index (χ3n) is 7.43. The van der Waals surface area contributed by atoms with Crippen LogP contribution in [0.5, 0.6) is 28.7 Å². The largest absolute Gasteiger partial charge is 0.507 e. The van der Waals surface area contributed by atoms with Crippen molar-refractivity contribution in [3.8, 4) is 28.7 Å². The zero-order chi connectivity index (χ0) is 32.2. The number of ether oxygens (including phenoxy) is 4. The number of Topliss-reactive ketones (excluding diaryl/α,β-unsaturated/α-hetero) is 1. The third kappa shape index (κ3) is 7.23. The van der Waals surface area contributed by atoms with E-state index < -0.39 is 23.3 Å². The van der Waals surface area contributed by atoms with Gasteiger partial charge in [-0.25, -0.2) is 4.79 Å². The first-order valence-electron chi connectivity index (χ1n) is 14.1. The van der Waals surface area contributed by atoms with Crippen molar-refractivity contribution in [2.75, 3.05) is 14.2 Å². The lowest BCUT2D eigenvalue weighted by Crippen LogP contribution is -2.46. The molecule has 3 aromatic rings. The van der Waals surface area contributed by atoms with E-state index >= 15 is 0 Å². The lowest BCUT2D eigenvalue weighted by molar-refractivity contribution is -0.131. The van der Waals surface area contributed by atoms with Crippen LogP contribution in [0, 0.1) is 0 Å². The molecule has 0 aliphatic carbocycles. The van der Waals surface area contributed by atoms with Crippen molar-refractivity contribution in [1.82, 2.24) is 0 Å². The summed E-state index contributed by atoms with van der Waals surface area (Å²) in [6, 6.07) is 13.9. The number of hydrogen-bond acceptors (Lipinski definition) is 8. The number of benzene rings is 3. The zero-order valence-electron chi connectivity index (χ0n) is 25.7. The lowest BCUT2D eigenvalue weighted by Gasteiger charge is -2.37. The number of aliphatic hydroxyl groups excluding tert-OH is 1. The molecule has 0 spiro atoms. The molecule has 1 atom stereocenters. The summed E-state index contributed by atoms with van der Waals surface area (Å²) in [6.07, 6.45) is 6.18. The van der Waals surface area contributed by atoms with Gasteiger partial charge in [0.2, 0.25) is 0 Å². The quantitative estimate of drug-likeness (QED) is 0.224. The van der Waals surface area contributed by atoms with Crippen molar-refractivity contribution in [3.05, 3.63) is 88.5 Å². The van der Waals surface area contributed by atoms with Crippen LogP contribution >= 0.6 is 0 Å². The highest BCUT2D eigenvalue weighted by Crippen LogP contribution is 2.41. The Kier molecular flexibility index (Phi) is 9.39. The molecule has 3 N–H and O–H groups in total. The lowest BCUT2D eigenvalue weighted by atomic mass is 9.89. The number of carbonyl (C=O) groups excluding carboxylic acids is 1. The van der Waals surface area contributed by atoms with Crippen molar-refractivity contribution in [2.24, 2.45) is 0 Å². The predicted octanol–water partition coefficient (Wildman–Crippen LogP) is 5.88. The number of phenols is 1. The van der Waals surface area contributed by atoms with E-state index in [-0.39, 0.29) is 23.5 Å². The summed E-state index contributed by atoms with van der Waals surface area (Å²) in [4.78, 5) is 23.3. The standard InChI is InChI=1S/C25H28O6.C10H10O3/c1-24(2)9-8-16-20(30-24)7-6-14(23(16)29-5)11-18(26)17-10-15-12-22(28)25(3,4)31-21(15)13-19(17)27;1-13-9-5-3-2-4-8(9)6-7-10(11)12/h6-10,13,22,27-28H,11-12H2,1-5H3;2-7H,1H3,(H,11,12). The number of ketones is 1. The molecule has 5 rings (SSSR count). The minimum absolute atomic E-state index is 0.0505. The van der Waals surface area contributed by atoms with Crippen LogP contribution in [0.2, 0.25) is 0 Å². The molecule has 0 radical (unpaired) electrons. The number of rotatable bonds is 7. The van der Waals surface area contributed by atoms with Crippen molar-refractivity contribution in [3.63, 3.8) is 0 Å². The number of aliphatic carboxylic acids is 1. The second-order valence-electron chi connectivity index (χ2n) is 11.6. The third-order valence-corrected chi connectivity index (χ3v) is 7.43. The molecular weight excluding hydrogens is 564 g/mol. The highest BCUT2D eigenvalue weighted by molar-refractivity contribution is 6.01. The van der Waals surface area contributed by atoms with E-state index in [1.54, 1.807) is 46.3 Å². The first-order chi connectivity index (χ1) is 20.7. The molecule has 0 fully saturated rings. The molecule has 44 heavy (non-hydrogen) atoms. The van der Waals surface area contributed by atoms with Crippen molar-refractivity contribution in [2.45, 2.75) is 57.8 Å². The van der Waals surface area contributed by atoms with Crippen LogP contribution in [-0.4, -0.2) is 58.6 Å². The monoisotopic (exact) mass is 602 g/mol. The summed E-state index contributed by atoms with van der Waals surface area (Å²) in [6.45, 7) is 7.52. The molecule has 9 nitrogen and oxygen atoms in total. The van der Waals surface area contributed by atoms with Crippen LogP contribution in [0.3, 0.4) is 0 Å². The van der Waals surface area contributed by atoms with E-state index in [0.717, 1.165) is 17.2 Å². The van der Waals surface area contributed by atoms with Crippen molar-refractivity contribution >= 4 is 23.9 Å². The Bertz CT molecular complexity index is 1610. The van der Waals surface area contributed by atoms with Gasteiger partial charge in [0, 0.05) is 36.1 Å². The number of aliphatic hydroxyl groups is 1. The summed E-state index contributed by atoms with van der Waals surface area (Å²) in [7, 11) is 3.11. The van der Waals surface area contributed by atoms with Crippen LogP contribution in [-0.2, 0) is 17.6 Å². The Morgan fingerprint density at radius 3 is 2.41 bits per heavy atom. The van der Waals surface area contributed by atoms with Crippen LogP contribution < -0.4 is 18.9 Å². The predicted molar refractivity (Wildman–Crippen MR) is 167 cm³/mol. The fraction of sp³-hybridized carbons (Fsp3) is 0.314. The number of carbonyl (C=O) groups is 2. The fourth-order valence-corrected chi connectivity index (χ4v) is 4.99. The van der Waals surface area contributed by atoms with Gasteiger partial charge in [-0.05, 0) is 69.7 Å². The highest BCUT2D eigenvalue weighted by Gasteiger charge is 2.36. The zero-order valence-corrected chi connectivity index (χ0v) is 25.7. The number of para-hydroxylation sites is 1. The minimum atomic E-state index is -0.967. The first-order valence-corrected chi connectivity index (χ1v) is 14.1. The molecule has 1 unspecified atom stereocenters. The van der Waals surface area contributed by atoms with Crippen molar-refractivity contribution in [1.29, 1.82) is 0 Å². The van der Waals surface area contributed by atoms with Gasteiger partial charge in [-0.1, -0.05) is 24.3 Å². The number of carboxylic acids is 1. The minimum Gasteiger partial charge on any atom is -0.507 e. The van der Waals surface area contributed by atoms with Gasteiger partial charge in [0.1, 0.15) is 39.9 Å². The average molecular weight is 603 g/mol. The van der Waals surface area contributed by atoms with E-state index in [0.29, 0.717) is 40.5 Å². The Balaban J connectivity index is 0.000000285. The molecule has 2 aliphatic rings. The molecular formula is C35H38O9. The number of aromatic hydroxyl groups is 1. The van der Waals surface area contributed by atoms with Gasteiger partial charge in [0.05, 0.1) is 31.5 Å². The van der Waals surface area contributed by atoms with E-state index in [1.807, 2.05) is 50.3 Å². The SMILES string of the molecule is COc1c(CC(=O)c2cc3c(cc2O)OC(C)(C)C(O)C3)ccc2c1C=CC(C)(C)O2.COc1ccccc1C=CC(=O)O. The molecule has 232 valence electrons. The van der Waals surface area contributed by atoms with Crippen LogP contribution in [0.1, 0.15) is 60.3 Å². The van der Waals surface area contributed by atoms with E-state index in [2.05, 4.69) is 0 Å². The molecule has 0 saturated carbocycles. The van der Waals surface area contributed by atoms with Gasteiger partial charge in [0.15, 0.2) is 5.78 Å². The highest BCUT2D eigenvalue weighted by atomic mass is 16.5. The van der Waals surface area contributed by atoms with E-state index in [4.69, 9.17) is 24.1 Å². The van der Waals surface area contributed by atoms with Crippen molar-refractivity contribution < 1.29 is 43.9 Å². The van der Waals surface area contributed by atoms with Gasteiger partial charge in [-0.2, -0.15) is 0 Å². The fourth-order valence-electron chi connectivity index (χ4n) is 4.99. The summed E-state index contributed by atoms with van der Waals surface area (Å²) < 4.78 is 22.4. The van der Waals surface area contributed by atoms with E-state index in [9.17, 15) is 19.8 Å². The number of phenolic OH excluding ortho intramolecular Hbond substituents is 1. The summed E-state index contributed by atoms with van der Waals surface area (Å²) >= 11 is 0. The molecule has 0 saturated heterocycles. The Morgan fingerprint density at radius 1 is 1.00 bits per heavy atom.